The Kier molecular flexibility index (Phi) is 4.88. The van der Waals surface area contributed by atoms with E-state index in [1.54, 1.807) is 35.4 Å². The van der Waals surface area contributed by atoms with Crippen molar-refractivity contribution in [3.05, 3.63) is 71.7 Å². The highest BCUT2D eigenvalue weighted by Gasteiger charge is 2.24. The lowest BCUT2D eigenvalue weighted by Gasteiger charge is -2.30. The van der Waals surface area contributed by atoms with Gasteiger partial charge in [0, 0.05) is 36.3 Å². The summed E-state index contributed by atoms with van der Waals surface area (Å²) in [4.78, 5) is 29.5. The minimum Gasteiger partial charge on any atom is -0.367 e. The van der Waals surface area contributed by atoms with Gasteiger partial charge in [0.25, 0.3) is 5.56 Å². The number of rotatable bonds is 4. The van der Waals surface area contributed by atoms with Crippen molar-refractivity contribution in [3.63, 3.8) is 0 Å². The normalized spacial score (nSPS) is 18.9. The highest BCUT2D eigenvalue weighted by Crippen LogP contribution is 2.30. The third kappa shape index (κ3) is 3.63. The first kappa shape index (κ1) is 18.4. The van der Waals surface area contributed by atoms with E-state index in [9.17, 15) is 4.79 Å². The molecule has 0 saturated heterocycles. The summed E-state index contributed by atoms with van der Waals surface area (Å²) in [7, 11) is 0. The molecular formula is C22H21N7O. The standard InChI is InChI=1S/C22H21N7O/c30-20-10-9-19(15-3-1-11-23-13-15)28-29(20)17-7-5-16(6-8-17)27-22-18-4-2-12-24-21(18)25-14-26-22/h1-4,9-14,16-17H,5-8H2,(H,24,25,26,27). The van der Waals surface area contributed by atoms with Crippen LogP contribution in [-0.2, 0) is 0 Å². The van der Waals surface area contributed by atoms with Crippen LogP contribution >= 0.6 is 0 Å². The van der Waals surface area contributed by atoms with Gasteiger partial charge >= 0.3 is 0 Å². The molecule has 0 aliphatic heterocycles. The lowest BCUT2D eigenvalue weighted by atomic mass is 9.91. The Morgan fingerprint density at radius 1 is 0.933 bits per heavy atom. The molecule has 8 nitrogen and oxygen atoms in total. The first-order valence-corrected chi connectivity index (χ1v) is 10.1. The number of aromatic nitrogens is 6. The zero-order valence-electron chi connectivity index (χ0n) is 16.3. The fraction of sp³-hybridized carbons (Fsp3) is 0.273. The molecule has 0 radical (unpaired) electrons. The number of nitrogens with zero attached hydrogens (tertiary/aromatic N) is 6. The van der Waals surface area contributed by atoms with Crippen LogP contribution in [0.15, 0.2) is 66.1 Å². The molecule has 0 atom stereocenters. The molecule has 150 valence electrons. The van der Waals surface area contributed by atoms with Gasteiger partial charge in [0.15, 0.2) is 5.65 Å². The van der Waals surface area contributed by atoms with E-state index in [2.05, 4.69) is 30.4 Å². The van der Waals surface area contributed by atoms with Gasteiger partial charge in [-0.1, -0.05) is 0 Å². The second-order valence-electron chi connectivity index (χ2n) is 7.49. The molecule has 30 heavy (non-hydrogen) atoms. The molecule has 5 rings (SSSR count). The summed E-state index contributed by atoms with van der Waals surface area (Å²) < 4.78 is 1.64. The number of anilines is 1. The van der Waals surface area contributed by atoms with Crippen molar-refractivity contribution < 1.29 is 0 Å². The molecule has 0 unspecified atom stereocenters. The van der Waals surface area contributed by atoms with Crippen LogP contribution in [0, 0.1) is 0 Å². The molecule has 0 spiro atoms. The van der Waals surface area contributed by atoms with Crippen LogP contribution in [0.2, 0.25) is 0 Å². The molecule has 8 heteroatoms. The summed E-state index contributed by atoms with van der Waals surface area (Å²) in [5.74, 6) is 0.811. The van der Waals surface area contributed by atoms with Gasteiger partial charge in [-0.2, -0.15) is 5.10 Å². The van der Waals surface area contributed by atoms with Crippen molar-refractivity contribution >= 4 is 16.9 Å². The zero-order valence-corrected chi connectivity index (χ0v) is 16.3. The molecule has 0 bridgehead atoms. The molecule has 1 aliphatic carbocycles. The van der Waals surface area contributed by atoms with Crippen LogP contribution in [0.25, 0.3) is 22.3 Å². The fourth-order valence-corrected chi connectivity index (χ4v) is 4.02. The molecule has 1 fully saturated rings. The third-order valence-electron chi connectivity index (χ3n) is 5.57. The van der Waals surface area contributed by atoms with Gasteiger partial charge in [0.1, 0.15) is 12.1 Å². The van der Waals surface area contributed by atoms with Crippen LogP contribution in [0.1, 0.15) is 31.7 Å². The van der Waals surface area contributed by atoms with Crippen LogP contribution < -0.4 is 10.9 Å². The topological polar surface area (TPSA) is 98.5 Å². The Balaban J connectivity index is 1.31. The van der Waals surface area contributed by atoms with Gasteiger partial charge in [0.2, 0.25) is 0 Å². The highest BCUT2D eigenvalue weighted by molar-refractivity contribution is 5.85. The molecular weight excluding hydrogens is 378 g/mol. The van der Waals surface area contributed by atoms with Gasteiger partial charge in [-0.05, 0) is 56.0 Å². The number of nitrogens with one attached hydrogen (secondary N) is 1. The molecule has 4 aromatic heterocycles. The summed E-state index contributed by atoms with van der Waals surface area (Å²) in [5, 5.41) is 9.09. The SMILES string of the molecule is O=c1ccc(-c2cccnc2)nn1C1CCC(Nc2ncnc3ncccc23)CC1. The Morgan fingerprint density at radius 2 is 1.80 bits per heavy atom. The van der Waals surface area contributed by atoms with Crippen molar-refractivity contribution in [2.45, 2.75) is 37.8 Å². The van der Waals surface area contributed by atoms with Crippen LogP contribution in [0.5, 0.6) is 0 Å². The van der Waals surface area contributed by atoms with Crippen molar-refractivity contribution in [1.82, 2.24) is 29.7 Å². The average Bonchev–Trinajstić information content (AvgIpc) is 2.81. The molecule has 4 aromatic rings. The van der Waals surface area contributed by atoms with Gasteiger partial charge < -0.3 is 5.32 Å². The van der Waals surface area contributed by atoms with Crippen LogP contribution in [0.4, 0.5) is 5.82 Å². The smallest absolute Gasteiger partial charge is 0.267 e. The second kappa shape index (κ2) is 7.98. The average molecular weight is 399 g/mol. The van der Waals surface area contributed by atoms with Gasteiger partial charge in [-0.25, -0.2) is 19.6 Å². The molecule has 0 amide bonds. The lowest BCUT2D eigenvalue weighted by molar-refractivity contribution is 0.304. The largest absolute Gasteiger partial charge is 0.367 e. The third-order valence-corrected chi connectivity index (χ3v) is 5.57. The Bertz CT molecular complexity index is 1210. The van der Waals surface area contributed by atoms with Gasteiger partial charge in [0.05, 0.1) is 17.1 Å². The summed E-state index contributed by atoms with van der Waals surface area (Å²) in [6.45, 7) is 0. The van der Waals surface area contributed by atoms with Gasteiger partial charge in [-0.15, -0.1) is 0 Å². The van der Waals surface area contributed by atoms with Crippen molar-refractivity contribution in [1.29, 1.82) is 0 Å². The van der Waals surface area contributed by atoms with Crippen molar-refractivity contribution in [2.24, 2.45) is 0 Å². The maximum absolute atomic E-state index is 12.5. The molecule has 0 aromatic carbocycles. The van der Waals surface area contributed by atoms with E-state index in [0.29, 0.717) is 5.65 Å². The van der Waals surface area contributed by atoms with E-state index in [1.165, 1.54) is 6.33 Å². The highest BCUT2D eigenvalue weighted by atomic mass is 16.1. The summed E-state index contributed by atoms with van der Waals surface area (Å²) >= 11 is 0. The van der Waals surface area contributed by atoms with E-state index in [4.69, 9.17) is 0 Å². The maximum atomic E-state index is 12.5. The monoisotopic (exact) mass is 399 g/mol. The molecule has 4 heterocycles. The number of pyridine rings is 2. The molecule has 1 saturated carbocycles. The van der Waals surface area contributed by atoms with Gasteiger partial charge in [-0.3, -0.25) is 9.78 Å². The quantitative estimate of drug-likeness (QED) is 0.562. The first-order valence-electron chi connectivity index (χ1n) is 10.1. The van der Waals surface area contributed by atoms with Crippen LogP contribution in [-0.4, -0.2) is 35.8 Å². The zero-order chi connectivity index (χ0) is 20.3. The molecule has 1 aliphatic rings. The Morgan fingerprint density at radius 3 is 2.63 bits per heavy atom. The number of hydrogen-bond acceptors (Lipinski definition) is 7. The maximum Gasteiger partial charge on any atom is 0.267 e. The summed E-state index contributed by atoms with van der Waals surface area (Å²) in [6.07, 6.45) is 10.4. The fourth-order valence-electron chi connectivity index (χ4n) is 4.02. The van der Waals surface area contributed by atoms with E-state index in [-0.39, 0.29) is 17.6 Å². The number of hydrogen-bond donors (Lipinski definition) is 1. The number of fused-ring (bicyclic) bond motifs is 1. The van der Waals surface area contributed by atoms with Crippen LogP contribution in [0.3, 0.4) is 0 Å². The predicted molar refractivity (Wildman–Crippen MR) is 114 cm³/mol. The first-order chi connectivity index (χ1) is 14.8. The van der Waals surface area contributed by atoms with E-state index in [0.717, 1.165) is 48.1 Å². The summed E-state index contributed by atoms with van der Waals surface area (Å²) in [6, 6.07) is 11.4. The minimum absolute atomic E-state index is 0.0630. The predicted octanol–water partition coefficient (Wildman–Crippen LogP) is 3.24. The van der Waals surface area contributed by atoms with E-state index in [1.807, 2.05) is 24.3 Å². The minimum atomic E-state index is -0.0630. The lowest BCUT2D eigenvalue weighted by Crippen LogP contribution is -2.33. The van der Waals surface area contributed by atoms with E-state index < -0.39 is 0 Å². The van der Waals surface area contributed by atoms with Crippen molar-refractivity contribution in [3.8, 4) is 11.3 Å². The Labute approximate surface area is 173 Å². The van der Waals surface area contributed by atoms with Crippen molar-refractivity contribution in [2.75, 3.05) is 5.32 Å². The van der Waals surface area contributed by atoms with E-state index >= 15 is 0 Å². The molecule has 1 N–H and O–H groups in total. The second-order valence-corrected chi connectivity index (χ2v) is 7.49. The summed E-state index contributed by atoms with van der Waals surface area (Å²) in [5.41, 5.74) is 2.30. The Hall–Kier alpha value is -3.68.